The number of hydrogen-bond donors (Lipinski definition) is 0. The van der Waals surface area contributed by atoms with Crippen molar-refractivity contribution < 1.29 is 23.9 Å². The van der Waals surface area contributed by atoms with Gasteiger partial charge in [0.2, 0.25) is 0 Å². The first-order chi connectivity index (χ1) is 13.8. The largest absolute Gasteiger partial charge is 0.497 e. The number of ether oxygens (including phenoxy) is 1. The molecule has 4 rings (SSSR count). The molecule has 8 heteroatoms. The Morgan fingerprint density at radius 3 is 2.31 bits per heavy atom. The van der Waals surface area contributed by atoms with Crippen molar-refractivity contribution in [2.45, 2.75) is 32.7 Å². The lowest BCUT2D eigenvalue weighted by Crippen LogP contribution is -2.37. The third-order valence-corrected chi connectivity index (χ3v) is 5.38. The van der Waals surface area contributed by atoms with E-state index in [9.17, 15) is 19.2 Å². The van der Waals surface area contributed by atoms with Gasteiger partial charge in [0.15, 0.2) is 5.78 Å². The smallest absolute Gasteiger partial charge is 0.339 e. The number of ketones is 1. The first-order valence-corrected chi connectivity index (χ1v) is 9.39. The average Bonchev–Trinajstić information content (AvgIpc) is 3.46. The van der Waals surface area contributed by atoms with Crippen LogP contribution in [0.3, 0.4) is 0 Å². The first kappa shape index (κ1) is 18.9. The number of Topliss-reactive ketones (excluding diaryl/α,β-unsaturated/α-hetero) is 1. The monoisotopic (exact) mass is 395 g/mol. The standard InChI is InChI=1S/C21H21N3O5/c1-12-10-17(13(2)23(12)14-4-5-14)18(25)11-22-19(26)20(27)24(21(22)28)15-6-8-16(29-3)9-7-15/h6-10,14H,4-5,11H2,1-3H3. The molecule has 0 bridgehead atoms. The molecule has 150 valence electrons. The lowest BCUT2D eigenvalue weighted by Gasteiger charge is -2.15. The van der Waals surface area contributed by atoms with Gasteiger partial charge in [0, 0.05) is 23.0 Å². The Bertz CT molecular complexity index is 1030. The lowest BCUT2D eigenvalue weighted by molar-refractivity contribution is -0.139. The second kappa shape index (κ2) is 6.88. The van der Waals surface area contributed by atoms with Gasteiger partial charge in [0.05, 0.1) is 19.3 Å². The molecule has 1 saturated carbocycles. The second-order valence-electron chi connectivity index (χ2n) is 7.32. The van der Waals surface area contributed by atoms with Crippen molar-refractivity contribution in [2.24, 2.45) is 0 Å². The van der Waals surface area contributed by atoms with Crippen LogP contribution >= 0.6 is 0 Å². The van der Waals surface area contributed by atoms with Gasteiger partial charge in [-0.3, -0.25) is 14.4 Å². The number of aryl methyl sites for hydroxylation is 1. The van der Waals surface area contributed by atoms with Crippen molar-refractivity contribution in [3.63, 3.8) is 0 Å². The van der Waals surface area contributed by atoms with E-state index in [4.69, 9.17) is 4.74 Å². The number of anilines is 1. The highest BCUT2D eigenvalue weighted by molar-refractivity contribution is 6.53. The van der Waals surface area contributed by atoms with Crippen LogP contribution in [0.4, 0.5) is 10.5 Å². The van der Waals surface area contributed by atoms with E-state index in [1.165, 1.54) is 19.2 Å². The van der Waals surface area contributed by atoms with Crippen molar-refractivity contribution in [3.05, 3.63) is 47.3 Å². The van der Waals surface area contributed by atoms with Gasteiger partial charge in [-0.25, -0.2) is 14.6 Å². The summed E-state index contributed by atoms with van der Waals surface area (Å²) in [5.41, 5.74) is 2.53. The number of carbonyl (C=O) groups is 4. The van der Waals surface area contributed by atoms with E-state index in [1.54, 1.807) is 18.2 Å². The maximum absolute atomic E-state index is 12.8. The van der Waals surface area contributed by atoms with Gasteiger partial charge in [0.1, 0.15) is 5.75 Å². The average molecular weight is 395 g/mol. The Balaban J connectivity index is 1.56. The highest BCUT2D eigenvalue weighted by Gasteiger charge is 2.46. The fourth-order valence-electron chi connectivity index (χ4n) is 3.79. The maximum atomic E-state index is 12.8. The molecule has 2 fully saturated rings. The molecule has 0 atom stereocenters. The molecular weight excluding hydrogens is 374 g/mol. The van der Waals surface area contributed by atoms with E-state index in [2.05, 4.69) is 4.57 Å². The van der Waals surface area contributed by atoms with E-state index >= 15 is 0 Å². The minimum atomic E-state index is -1.00. The lowest BCUT2D eigenvalue weighted by atomic mass is 10.1. The Kier molecular flexibility index (Phi) is 4.49. The quantitative estimate of drug-likeness (QED) is 0.426. The maximum Gasteiger partial charge on any atom is 0.339 e. The number of aromatic nitrogens is 1. The zero-order valence-corrected chi connectivity index (χ0v) is 16.5. The third-order valence-electron chi connectivity index (χ3n) is 5.38. The Morgan fingerprint density at radius 2 is 1.72 bits per heavy atom. The number of urea groups is 1. The van der Waals surface area contributed by atoms with Crippen LogP contribution < -0.4 is 9.64 Å². The van der Waals surface area contributed by atoms with Crippen LogP contribution in [0.25, 0.3) is 0 Å². The van der Waals surface area contributed by atoms with Gasteiger partial charge in [-0.05, 0) is 57.0 Å². The van der Waals surface area contributed by atoms with E-state index in [1.807, 2.05) is 13.8 Å². The molecule has 29 heavy (non-hydrogen) atoms. The molecule has 1 aromatic heterocycles. The SMILES string of the molecule is COc1ccc(N2C(=O)C(=O)N(CC(=O)c3cc(C)n(C4CC4)c3C)C2=O)cc1. The zero-order chi connectivity index (χ0) is 20.9. The van der Waals surface area contributed by atoms with Crippen LogP contribution in [0.5, 0.6) is 5.75 Å². The number of hydrogen-bond acceptors (Lipinski definition) is 5. The number of rotatable bonds is 6. The molecule has 4 amide bonds. The van der Waals surface area contributed by atoms with Crippen molar-refractivity contribution in [2.75, 3.05) is 18.6 Å². The number of amides is 4. The zero-order valence-electron chi connectivity index (χ0n) is 16.5. The van der Waals surface area contributed by atoms with Crippen molar-refractivity contribution >= 4 is 29.3 Å². The number of benzene rings is 1. The summed E-state index contributed by atoms with van der Waals surface area (Å²) in [7, 11) is 1.50. The molecule has 1 saturated heterocycles. The second-order valence-corrected chi connectivity index (χ2v) is 7.32. The Labute approximate surface area is 167 Å². The molecule has 2 heterocycles. The molecule has 8 nitrogen and oxygen atoms in total. The van der Waals surface area contributed by atoms with Gasteiger partial charge in [-0.15, -0.1) is 0 Å². The minimum Gasteiger partial charge on any atom is -0.497 e. The molecule has 0 radical (unpaired) electrons. The summed E-state index contributed by atoms with van der Waals surface area (Å²) in [5.74, 6) is -1.79. The van der Waals surface area contributed by atoms with Crippen molar-refractivity contribution in [1.29, 1.82) is 0 Å². The summed E-state index contributed by atoms with van der Waals surface area (Å²) in [4.78, 5) is 51.9. The van der Waals surface area contributed by atoms with Crippen LogP contribution in [-0.4, -0.2) is 46.8 Å². The summed E-state index contributed by atoms with van der Waals surface area (Å²) >= 11 is 0. The normalized spacial score (nSPS) is 16.7. The highest BCUT2D eigenvalue weighted by Crippen LogP contribution is 2.38. The molecule has 0 spiro atoms. The number of carbonyl (C=O) groups excluding carboxylic acids is 4. The fraction of sp³-hybridized carbons (Fsp3) is 0.333. The van der Waals surface area contributed by atoms with Crippen LogP contribution in [-0.2, 0) is 9.59 Å². The van der Waals surface area contributed by atoms with Crippen molar-refractivity contribution in [1.82, 2.24) is 9.47 Å². The molecule has 2 aliphatic rings. The van der Waals surface area contributed by atoms with Crippen LogP contribution in [0.15, 0.2) is 30.3 Å². The summed E-state index contributed by atoms with van der Waals surface area (Å²) < 4.78 is 7.18. The minimum absolute atomic E-state index is 0.246. The molecule has 2 aromatic rings. The number of imide groups is 2. The first-order valence-electron chi connectivity index (χ1n) is 9.39. The highest BCUT2D eigenvalue weighted by atomic mass is 16.5. The third kappa shape index (κ3) is 3.10. The molecule has 1 aliphatic heterocycles. The summed E-state index contributed by atoms with van der Waals surface area (Å²) in [6, 6.07) is 7.56. The van der Waals surface area contributed by atoms with E-state index in [0.29, 0.717) is 22.3 Å². The molecule has 1 aliphatic carbocycles. The van der Waals surface area contributed by atoms with Crippen LogP contribution in [0, 0.1) is 13.8 Å². The van der Waals surface area contributed by atoms with Gasteiger partial charge in [0.25, 0.3) is 0 Å². The molecule has 0 N–H and O–H groups in total. The van der Waals surface area contributed by atoms with Gasteiger partial charge in [-0.2, -0.15) is 0 Å². The van der Waals surface area contributed by atoms with E-state index in [-0.39, 0.29) is 11.5 Å². The number of nitrogens with zero attached hydrogens (tertiary/aromatic N) is 3. The predicted molar refractivity (Wildman–Crippen MR) is 104 cm³/mol. The molecular formula is C21H21N3O5. The van der Waals surface area contributed by atoms with Crippen LogP contribution in [0.2, 0.25) is 0 Å². The summed E-state index contributed by atoms with van der Waals surface area (Å²) in [6.45, 7) is 3.33. The number of methoxy groups -OCH3 is 1. The van der Waals surface area contributed by atoms with E-state index < -0.39 is 24.4 Å². The molecule has 0 unspecified atom stereocenters. The molecule has 1 aromatic carbocycles. The summed E-state index contributed by atoms with van der Waals surface area (Å²) in [5, 5.41) is 0. The van der Waals surface area contributed by atoms with Gasteiger partial charge < -0.3 is 9.30 Å². The Hall–Kier alpha value is -3.42. The van der Waals surface area contributed by atoms with Gasteiger partial charge in [-0.1, -0.05) is 0 Å². The summed E-state index contributed by atoms with van der Waals surface area (Å²) in [6.07, 6.45) is 2.16. The van der Waals surface area contributed by atoms with E-state index in [0.717, 1.165) is 29.1 Å². The van der Waals surface area contributed by atoms with Gasteiger partial charge >= 0.3 is 17.8 Å². The fourth-order valence-corrected chi connectivity index (χ4v) is 3.79. The Morgan fingerprint density at radius 1 is 1.07 bits per heavy atom. The predicted octanol–water partition coefficient (Wildman–Crippen LogP) is 2.63. The van der Waals surface area contributed by atoms with Crippen LogP contribution in [0.1, 0.15) is 40.6 Å². The topological polar surface area (TPSA) is 88.9 Å². The van der Waals surface area contributed by atoms with Crippen molar-refractivity contribution in [3.8, 4) is 5.75 Å².